The van der Waals surface area contributed by atoms with Crippen LogP contribution in [0.15, 0.2) is 30.3 Å². The van der Waals surface area contributed by atoms with E-state index in [-0.39, 0.29) is 0 Å². The molecule has 1 unspecified atom stereocenters. The highest BCUT2D eigenvalue weighted by molar-refractivity contribution is 5.86. The minimum Gasteiger partial charge on any atom is -0.368 e. The second kappa shape index (κ2) is 6.86. The molecule has 0 spiro atoms. The molecule has 0 saturated carbocycles. The lowest BCUT2D eigenvalue weighted by Crippen LogP contribution is -2.56. The molecule has 1 saturated heterocycles. The van der Waals surface area contributed by atoms with E-state index < -0.39 is 11.4 Å². The maximum Gasteiger partial charge on any atom is 0.243 e. The molecule has 4 heteroatoms. The number of carbonyl (C=O) groups is 1. The molecule has 1 aromatic carbocycles. The van der Waals surface area contributed by atoms with Gasteiger partial charge in [-0.15, -0.1) is 0 Å². The quantitative estimate of drug-likeness (QED) is 0.876. The van der Waals surface area contributed by atoms with Crippen LogP contribution in [0.4, 0.5) is 0 Å². The Morgan fingerprint density at radius 2 is 1.60 bits per heavy atom. The second-order valence-electron chi connectivity index (χ2n) is 5.75. The first-order valence-electron chi connectivity index (χ1n) is 7.49. The summed E-state index contributed by atoms with van der Waals surface area (Å²) >= 11 is 0. The van der Waals surface area contributed by atoms with E-state index in [1.807, 2.05) is 30.3 Å². The molecule has 0 radical (unpaired) electrons. The van der Waals surface area contributed by atoms with E-state index >= 15 is 0 Å². The summed E-state index contributed by atoms with van der Waals surface area (Å²) in [5.41, 5.74) is 11.7. The maximum absolute atomic E-state index is 11.9. The highest BCUT2D eigenvalue weighted by atomic mass is 16.1. The summed E-state index contributed by atoms with van der Waals surface area (Å²) in [6.45, 7) is 2.50. The van der Waals surface area contributed by atoms with Gasteiger partial charge in [-0.1, -0.05) is 49.6 Å². The third-order valence-corrected chi connectivity index (χ3v) is 4.15. The van der Waals surface area contributed by atoms with Gasteiger partial charge in [-0.2, -0.15) is 0 Å². The van der Waals surface area contributed by atoms with Gasteiger partial charge in [0.1, 0.15) is 5.54 Å². The summed E-state index contributed by atoms with van der Waals surface area (Å²) in [7, 11) is 0. The molecule has 2 rings (SSSR count). The Hall–Kier alpha value is -1.39. The number of hydrogen-bond donors (Lipinski definition) is 2. The molecule has 1 atom stereocenters. The van der Waals surface area contributed by atoms with Gasteiger partial charge in [0, 0.05) is 6.54 Å². The smallest absolute Gasteiger partial charge is 0.243 e. The van der Waals surface area contributed by atoms with Gasteiger partial charge in [-0.05, 0) is 31.5 Å². The third kappa shape index (κ3) is 3.58. The van der Waals surface area contributed by atoms with Crippen molar-refractivity contribution in [3.63, 3.8) is 0 Å². The van der Waals surface area contributed by atoms with E-state index in [2.05, 4.69) is 4.90 Å². The highest BCUT2D eigenvalue weighted by Crippen LogP contribution is 2.21. The molecule has 0 aromatic heterocycles. The molecule has 1 aromatic rings. The molecule has 1 fully saturated rings. The predicted octanol–water partition coefficient (Wildman–Crippen LogP) is 1.59. The van der Waals surface area contributed by atoms with Gasteiger partial charge in [0.15, 0.2) is 0 Å². The zero-order valence-electron chi connectivity index (χ0n) is 12.1. The predicted molar refractivity (Wildman–Crippen MR) is 81.0 cm³/mol. The summed E-state index contributed by atoms with van der Waals surface area (Å²) < 4.78 is 0. The summed E-state index contributed by atoms with van der Waals surface area (Å²) in [6.07, 6.45) is 6.18. The number of rotatable bonds is 4. The molecular formula is C16H25N3O. The first-order chi connectivity index (χ1) is 9.63. The van der Waals surface area contributed by atoms with Crippen LogP contribution in [0.5, 0.6) is 0 Å². The lowest BCUT2D eigenvalue weighted by molar-refractivity contribution is -0.124. The Morgan fingerprint density at radius 3 is 2.15 bits per heavy atom. The topological polar surface area (TPSA) is 72.3 Å². The molecule has 0 bridgehead atoms. The molecular weight excluding hydrogens is 250 g/mol. The Kier molecular flexibility index (Phi) is 5.15. The Labute approximate surface area is 121 Å². The highest BCUT2D eigenvalue weighted by Gasteiger charge is 2.35. The SMILES string of the molecule is NC(=O)C(N)(CN1CCCCCCC1)c1ccccc1. The van der Waals surface area contributed by atoms with Crippen LogP contribution in [-0.4, -0.2) is 30.4 Å². The standard InChI is InChI=1S/C16H25N3O/c17-15(20)16(18,14-9-5-4-6-10-14)13-19-11-7-2-1-3-8-12-19/h4-6,9-10H,1-3,7-8,11-13,18H2,(H2,17,20). The van der Waals surface area contributed by atoms with E-state index in [9.17, 15) is 4.79 Å². The minimum atomic E-state index is -1.10. The van der Waals surface area contributed by atoms with Crippen molar-refractivity contribution in [3.8, 4) is 0 Å². The number of nitrogens with two attached hydrogens (primary N) is 2. The Balaban J connectivity index is 2.14. The summed E-state index contributed by atoms with van der Waals surface area (Å²) in [4.78, 5) is 14.2. The molecule has 1 aliphatic rings. The second-order valence-corrected chi connectivity index (χ2v) is 5.75. The largest absolute Gasteiger partial charge is 0.368 e. The van der Waals surface area contributed by atoms with Crippen molar-refractivity contribution in [3.05, 3.63) is 35.9 Å². The van der Waals surface area contributed by atoms with Gasteiger partial charge >= 0.3 is 0 Å². The van der Waals surface area contributed by atoms with Crippen LogP contribution >= 0.6 is 0 Å². The van der Waals surface area contributed by atoms with E-state index in [1.54, 1.807) is 0 Å². The Bertz CT molecular complexity index is 427. The molecule has 4 N–H and O–H groups in total. The van der Waals surface area contributed by atoms with E-state index in [0.29, 0.717) is 6.54 Å². The van der Waals surface area contributed by atoms with Crippen LogP contribution in [0.1, 0.15) is 37.7 Å². The van der Waals surface area contributed by atoms with Crippen molar-refractivity contribution in [2.24, 2.45) is 11.5 Å². The maximum atomic E-state index is 11.9. The van der Waals surface area contributed by atoms with Gasteiger partial charge < -0.3 is 16.4 Å². The number of benzene rings is 1. The number of carbonyl (C=O) groups excluding carboxylic acids is 1. The number of hydrogen-bond acceptors (Lipinski definition) is 3. The third-order valence-electron chi connectivity index (χ3n) is 4.15. The van der Waals surface area contributed by atoms with Gasteiger partial charge in [-0.25, -0.2) is 0 Å². The Morgan fingerprint density at radius 1 is 1.05 bits per heavy atom. The van der Waals surface area contributed by atoms with Crippen LogP contribution < -0.4 is 11.5 Å². The normalized spacial score (nSPS) is 20.6. The van der Waals surface area contributed by atoms with Crippen molar-refractivity contribution in [1.29, 1.82) is 0 Å². The van der Waals surface area contributed by atoms with Crippen LogP contribution in [0.3, 0.4) is 0 Å². The number of primary amides is 1. The lowest BCUT2D eigenvalue weighted by atomic mass is 9.89. The van der Waals surface area contributed by atoms with E-state index in [1.165, 1.54) is 32.1 Å². The van der Waals surface area contributed by atoms with Crippen molar-refractivity contribution in [1.82, 2.24) is 4.90 Å². The summed E-state index contributed by atoms with van der Waals surface area (Å²) in [5.74, 6) is -0.453. The summed E-state index contributed by atoms with van der Waals surface area (Å²) in [6, 6.07) is 9.48. The molecule has 1 aliphatic heterocycles. The number of nitrogens with zero attached hydrogens (tertiary/aromatic N) is 1. The van der Waals surface area contributed by atoms with Crippen molar-refractivity contribution in [2.75, 3.05) is 19.6 Å². The van der Waals surface area contributed by atoms with Crippen LogP contribution in [-0.2, 0) is 10.3 Å². The van der Waals surface area contributed by atoms with Gasteiger partial charge in [0.25, 0.3) is 0 Å². The zero-order chi connectivity index (χ0) is 14.4. The number of likely N-dealkylation sites (tertiary alicyclic amines) is 1. The van der Waals surface area contributed by atoms with Crippen molar-refractivity contribution < 1.29 is 4.79 Å². The fourth-order valence-electron chi connectivity index (χ4n) is 2.87. The van der Waals surface area contributed by atoms with Crippen LogP contribution in [0.25, 0.3) is 0 Å². The molecule has 20 heavy (non-hydrogen) atoms. The molecule has 110 valence electrons. The van der Waals surface area contributed by atoms with Crippen LogP contribution in [0, 0.1) is 0 Å². The molecule has 1 amide bonds. The van der Waals surface area contributed by atoms with Crippen LogP contribution in [0.2, 0.25) is 0 Å². The zero-order valence-corrected chi connectivity index (χ0v) is 12.1. The van der Waals surface area contributed by atoms with Crippen molar-refractivity contribution in [2.45, 2.75) is 37.6 Å². The van der Waals surface area contributed by atoms with Gasteiger partial charge in [0.2, 0.25) is 5.91 Å². The van der Waals surface area contributed by atoms with Gasteiger partial charge in [0.05, 0.1) is 0 Å². The molecule has 4 nitrogen and oxygen atoms in total. The lowest BCUT2D eigenvalue weighted by Gasteiger charge is -2.34. The van der Waals surface area contributed by atoms with Gasteiger partial charge in [-0.3, -0.25) is 4.79 Å². The van der Waals surface area contributed by atoms with E-state index in [4.69, 9.17) is 11.5 Å². The minimum absolute atomic E-state index is 0.453. The first-order valence-corrected chi connectivity index (χ1v) is 7.49. The molecule has 1 heterocycles. The number of amides is 1. The first kappa shape index (κ1) is 15.0. The fourth-order valence-corrected chi connectivity index (χ4v) is 2.87. The summed E-state index contributed by atoms with van der Waals surface area (Å²) in [5, 5.41) is 0. The molecule has 0 aliphatic carbocycles. The average Bonchev–Trinajstić information content (AvgIpc) is 2.42. The monoisotopic (exact) mass is 275 g/mol. The van der Waals surface area contributed by atoms with E-state index in [0.717, 1.165) is 18.7 Å². The fraction of sp³-hybridized carbons (Fsp3) is 0.562. The van der Waals surface area contributed by atoms with Crippen molar-refractivity contribution >= 4 is 5.91 Å². The average molecular weight is 275 g/mol.